The van der Waals surface area contributed by atoms with E-state index in [9.17, 15) is 13.2 Å². The van der Waals surface area contributed by atoms with Crippen LogP contribution in [-0.2, 0) is 10.0 Å². The number of nitrogens with one attached hydrogen (secondary N) is 1. The van der Waals surface area contributed by atoms with Crippen molar-refractivity contribution in [3.05, 3.63) is 84.4 Å². The van der Waals surface area contributed by atoms with Crippen LogP contribution in [0.3, 0.4) is 0 Å². The maximum Gasteiger partial charge on any atom is 0.259 e. The lowest BCUT2D eigenvalue weighted by atomic mass is 10.1. The predicted molar refractivity (Wildman–Crippen MR) is 113 cm³/mol. The van der Waals surface area contributed by atoms with E-state index in [4.69, 9.17) is 4.74 Å². The fraction of sp³-hybridized carbons (Fsp3) is 0.136. The number of amides is 1. The zero-order valence-corrected chi connectivity index (χ0v) is 16.4. The minimum atomic E-state index is -3.22. The third-order valence-corrected chi connectivity index (χ3v) is 6.48. The Bertz CT molecular complexity index is 1110. The summed E-state index contributed by atoms with van der Waals surface area (Å²) in [5.74, 6) is 0.960. The summed E-state index contributed by atoms with van der Waals surface area (Å²) in [6.07, 6.45) is 0.624. The van der Waals surface area contributed by atoms with Gasteiger partial charge in [-0.05, 0) is 55.0 Å². The van der Waals surface area contributed by atoms with Gasteiger partial charge >= 0.3 is 0 Å². The first-order valence-corrected chi connectivity index (χ1v) is 10.9. The molecule has 6 nitrogen and oxygen atoms in total. The van der Waals surface area contributed by atoms with Gasteiger partial charge in [-0.1, -0.05) is 30.3 Å². The van der Waals surface area contributed by atoms with Crippen molar-refractivity contribution in [2.75, 3.05) is 21.9 Å². The number of rotatable bonds is 5. The van der Waals surface area contributed by atoms with Gasteiger partial charge in [-0.15, -0.1) is 0 Å². The summed E-state index contributed by atoms with van der Waals surface area (Å²) >= 11 is 0. The average molecular weight is 408 g/mol. The number of hydrogen-bond donors (Lipinski definition) is 1. The molecule has 0 aromatic heterocycles. The van der Waals surface area contributed by atoms with Gasteiger partial charge in [0.25, 0.3) is 5.91 Å². The molecule has 3 aromatic rings. The first kappa shape index (κ1) is 19.0. The molecule has 0 aliphatic carbocycles. The Hall–Kier alpha value is -3.32. The molecule has 0 atom stereocenters. The third kappa shape index (κ3) is 4.25. The Kier molecular flexibility index (Phi) is 5.22. The van der Waals surface area contributed by atoms with Crippen LogP contribution >= 0.6 is 0 Å². The summed E-state index contributed by atoms with van der Waals surface area (Å²) in [7, 11) is -3.22. The Balaban J connectivity index is 1.50. The van der Waals surface area contributed by atoms with Gasteiger partial charge in [-0.25, -0.2) is 8.42 Å². The molecule has 3 aromatic carbocycles. The number of nitrogens with zero attached hydrogens (tertiary/aromatic N) is 1. The van der Waals surface area contributed by atoms with Crippen LogP contribution in [0.1, 0.15) is 16.8 Å². The van der Waals surface area contributed by atoms with Gasteiger partial charge in [0, 0.05) is 12.2 Å². The first-order chi connectivity index (χ1) is 14.0. The molecule has 0 saturated carbocycles. The highest BCUT2D eigenvalue weighted by atomic mass is 32.2. The van der Waals surface area contributed by atoms with E-state index < -0.39 is 10.0 Å². The van der Waals surface area contributed by atoms with Crippen LogP contribution < -0.4 is 14.4 Å². The van der Waals surface area contributed by atoms with Gasteiger partial charge in [0.05, 0.1) is 17.0 Å². The molecule has 1 fully saturated rings. The van der Waals surface area contributed by atoms with Crippen LogP contribution in [0.4, 0.5) is 11.4 Å². The number of anilines is 2. The zero-order valence-electron chi connectivity index (χ0n) is 15.6. The van der Waals surface area contributed by atoms with Crippen molar-refractivity contribution in [1.29, 1.82) is 0 Å². The number of ether oxygens (including phenoxy) is 1. The van der Waals surface area contributed by atoms with E-state index in [1.807, 2.05) is 30.3 Å². The van der Waals surface area contributed by atoms with Gasteiger partial charge in [0.2, 0.25) is 10.0 Å². The Labute approximate surface area is 169 Å². The summed E-state index contributed by atoms with van der Waals surface area (Å²) in [4.78, 5) is 12.8. The second-order valence-corrected chi connectivity index (χ2v) is 8.67. The maximum absolute atomic E-state index is 12.8. The fourth-order valence-corrected chi connectivity index (χ4v) is 4.76. The van der Waals surface area contributed by atoms with E-state index in [1.165, 1.54) is 4.31 Å². The van der Waals surface area contributed by atoms with Crippen molar-refractivity contribution in [3.8, 4) is 11.5 Å². The molecule has 148 valence electrons. The zero-order chi connectivity index (χ0) is 20.3. The number of para-hydroxylation sites is 2. The molecule has 0 radical (unpaired) electrons. The molecule has 0 unspecified atom stereocenters. The van der Waals surface area contributed by atoms with E-state index in [0.717, 1.165) is 0 Å². The summed E-state index contributed by atoms with van der Waals surface area (Å²) in [6, 6.07) is 23.1. The predicted octanol–water partition coefficient (Wildman–Crippen LogP) is 4.27. The van der Waals surface area contributed by atoms with Crippen molar-refractivity contribution in [1.82, 2.24) is 0 Å². The normalized spacial score (nSPS) is 15.1. The average Bonchev–Trinajstić information content (AvgIpc) is 3.09. The standard InChI is InChI=1S/C22H20N2O4S/c25-22(20-9-4-5-10-21(20)28-19-7-2-1-3-8-19)23-17-11-13-18(14-12-17)24-15-6-16-29(24,26)27/h1-5,7-14H,6,15-16H2,(H,23,25). The van der Waals surface area contributed by atoms with Crippen molar-refractivity contribution in [3.63, 3.8) is 0 Å². The molecular formula is C22H20N2O4S. The molecule has 1 saturated heterocycles. The Morgan fingerprint density at radius 2 is 1.59 bits per heavy atom. The van der Waals surface area contributed by atoms with Gasteiger partial charge in [-0.2, -0.15) is 0 Å². The smallest absolute Gasteiger partial charge is 0.259 e. The van der Waals surface area contributed by atoms with Crippen LogP contribution in [0.2, 0.25) is 0 Å². The molecule has 1 amide bonds. The first-order valence-electron chi connectivity index (χ1n) is 9.27. The number of carbonyl (C=O) groups is 1. The van der Waals surface area contributed by atoms with Gasteiger partial charge in [0.15, 0.2) is 0 Å². The van der Waals surface area contributed by atoms with E-state index in [-0.39, 0.29) is 11.7 Å². The molecule has 1 aliphatic rings. The highest BCUT2D eigenvalue weighted by molar-refractivity contribution is 7.93. The molecular weight excluding hydrogens is 388 g/mol. The van der Waals surface area contributed by atoms with Gasteiger partial charge in [0.1, 0.15) is 11.5 Å². The van der Waals surface area contributed by atoms with Crippen molar-refractivity contribution >= 4 is 27.3 Å². The van der Waals surface area contributed by atoms with E-state index in [2.05, 4.69) is 5.32 Å². The number of benzene rings is 3. The van der Waals surface area contributed by atoms with Crippen LogP contribution in [-0.4, -0.2) is 26.6 Å². The molecule has 0 spiro atoms. The Morgan fingerprint density at radius 3 is 2.28 bits per heavy atom. The molecule has 4 rings (SSSR count). The lowest BCUT2D eigenvalue weighted by Crippen LogP contribution is -2.25. The van der Waals surface area contributed by atoms with E-state index in [0.29, 0.717) is 41.4 Å². The van der Waals surface area contributed by atoms with Crippen LogP contribution in [0.15, 0.2) is 78.9 Å². The Morgan fingerprint density at radius 1 is 0.897 bits per heavy atom. The monoisotopic (exact) mass is 408 g/mol. The summed E-state index contributed by atoms with van der Waals surface area (Å²) < 4.78 is 31.3. The van der Waals surface area contributed by atoms with Crippen molar-refractivity contribution < 1.29 is 17.9 Å². The lowest BCUT2D eigenvalue weighted by Gasteiger charge is -2.17. The largest absolute Gasteiger partial charge is 0.457 e. The number of hydrogen-bond acceptors (Lipinski definition) is 4. The molecule has 1 N–H and O–H groups in total. The molecule has 7 heteroatoms. The minimum Gasteiger partial charge on any atom is -0.457 e. The van der Waals surface area contributed by atoms with Crippen LogP contribution in [0.25, 0.3) is 0 Å². The highest BCUT2D eigenvalue weighted by Gasteiger charge is 2.28. The van der Waals surface area contributed by atoms with E-state index >= 15 is 0 Å². The second-order valence-electron chi connectivity index (χ2n) is 6.65. The maximum atomic E-state index is 12.8. The second kappa shape index (κ2) is 7.97. The molecule has 29 heavy (non-hydrogen) atoms. The molecule has 0 bridgehead atoms. The topological polar surface area (TPSA) is 75.7 Å². The van der Waals surface area contributed by atoms with Gasteiger partial charge < -0.3 is 10.1 Å². The van der Waals surface area contributed by atoms with Crippen LogP contribution in [0, 0.1) is 0 Å². The van der Waals surface area contributed by atoms with Gasteiger partial charge in [-0.3, -0.25) is 9.10 Å². The van der Waals surface area contributed by atoms with Crippen LogP contribution in [0.5, 0.6) is 11.5 Å². The highest BCUT2D eigenvalue weighted by Crippen LogP contribution is 2.28. The summed E-state index contributed by atoms with van der Waals surface area (Å²) in [6.45, 7) is 0.484. The lowest BCUT2D eigenvalue weighted by molar-refractivity contribution is 0.102. The summed E-state index contributed by atoms with van der Waals surface area (Å²) in [5, 5.41) is 2.84. The number of sulfonamides is 1. The molecule has 1 heterocycles. The minimum absolute atomic E-state index is 0.170. The fourth-order valence-electron chi connectivity index (χ4n) is 3.20. The van der Waals surface area contributed by atoms with Crippen molar-refractivity contribution in [2.45, 2.75) is 6.42 Å². The van der Waals surface area contributed by atoms with Crippen molar-refractivity contribution in [2.24, 2.45) is 0 Å². The molecule has 1 aliphatic heterocycles. The SMILES string of the molecule is O=C(Nc1ccc(N2CCCS2(=O)=O)cc1)c1ccccc1Oc1ccccc1. The number of carbonyl (C=O) groups excluding carboxylic acids is 1. The quantitative estimate of drug-likeness (QED) is 0.684. The third-order valence-electron chi connectivity index (χ3n) is 4.62. The summed E-state index contributed by atoms with van der Waals surface area (Å²) in [5.41, 5.74) is 1.58. The van der Waals surface area contributed by atoms with E-state index in [1.54, 1.807) is 48.5 Å².